The van der Waals surface area contributed by atoms with Crippen LogP contribution in [0.2, 0.25) is 5.02 Å². The lowest BCUT2D eigenvalue weighted by Crippen LogP contribution is -2.11. The van der Waals surface area contributed by atoms with Crippen LogP contribution in [0.5, 0.6) is 0 Å². The molecule has 1 heterocycles. The van der Waals surface area contributed by atoms with E-state index in [2.05, 4.69) is 15.2 Å². The first-order valence-corrected chi connectivity index (χ1v) is 9.09. The van der Waals surface area contributed by atoms with Gasteiger partial charge in [-0.15, -0.1) is 5.10 Å². The Kier molecular flexibility index (Phi) is 5.81. The Morgan fingerprint density at radius 1 is 0.966 bits per heavy atom. The molecule has 3 aromatic rings. The third-order valence-corrected chi connectivity index (χ3v) is 4.96. The Hall–Kier alpha value is -2.27. The number of nitrogens with zero attached hydrogens (tertiary/aromatic N) is 2. The average molecular weight is 456 g/mol. The number of aromatic nitrogens is 3. The van der Waals surface area contributed by atoms with E-state index in [-0.39, 0.29) is 33.4 Å². The largest absolute Gasteiger partial charge is 0.416 e. The summed E-state index contributed by atoms with van der Waals surface area (Å²) in [6.07, 6.45) is -9.95. The number of benzene rings is 2. The Labute approximate surface area is 168 Å². The molecule has 1 aromatic heterocycles. The Morgan fingerprint density at radius 2 is 1.59 bits per heavy atom. The maximum atomic E-state index is 13.8. The SMILES string of the molecule is Fc1cccc(Cl)c1CSc1n[nH]c(-c2cc(C(F)(F)F)cc(C(F)(F)F)c2)n1. The van der Waals surface area contributed by atoms with Gasteiger partial charge in [0.15, 0.2) is 5.82 Å². The van der Waals surface area contributed by atoms with Gasteiger partial charge in [0.05, 0.1) is 11.1 Å². The molecule has 154 valence electrons. The van der Waals surface area contributed by atoms with Gasteiger partial charge in [-0.05, 0) is 30.3 Å². The van der Waals surface area contributed by atoms with Gasteiger partial charge in [0.2, 0.25) is 5.16 Å². The Bertz CT molecular complexity index is 978. The van der Waals surface area contributed by atoms with Crippen LogP contribution < -0.4 is 0 Å². The summed E-state index contributed by atoms with van der Waals surface area (Å²) in [7, 11) is 0. The predicted molar refractivity (Wildman–Crippen MR) is 92.8 cm³/mol. The van der Waals surface area contributed by atoms with E-state index in [9.17, 15) is 30.7 Å². The molecule has 0 atom stereocenters. The van der Waals surface area contributed by atoms with Crippen molar-refractivity contribution >= 4 is 23.4 Å². The van der Waals surface area contributed by atoms with Crippen molar-refractivity contribution in [1.82, 2.24) is 15.2 Å². The van der Waals surface area contributed by atoms with Crippen molar-refractivity contribution in [3.63, 3.8) is 0 Å². The zero-order valence-corrected chi connectivity index (χ0v) is 15.6. The Morgan fingerprint density at radius 3 is 2.14 bits per heavy atom. The molecule has 0 spiro atoms. The lowest BCUT2D eigenvalue weighted by atomic mass is 10.0. The minimum atomic E-state index is -4.98. The maximum absolute atomic E-state index is 13.8. The van der Waals surface area contributed by atoms with Crippen molar-refractivity contribution in [1.29, 1.82) is 0 Å². The second kappa shape index (κ2) is 7.86. The highest BCUT2D eigenvalue weighted by Gasteiger charge is 2.37. The van der Waals surface area contributed by atoms with E-state index in [1.165, 1.54) is 18.2 Å². The van der Waals surface area contributed by atoms with Gasteiger partial charge in [-0.3, -0.25) is 5.10 Å². The summed E-state index contributed by atoms with van der Waals surface area (Å²) in [6, 6.07) is 5.20. The number of rotatable bonds is 4. The smallest absolute Gasteiger partial charge is 0.258 e. The van der Waals surface area contributed by atoms with Gasteiger partial charge in [0.25, 0.3) is 0 Å². The minimum Gasteiger partial charge on any atom is -0.258 e. The molecule has 3 nitrogen and oxygen atoms in total. The molecule has 0 fully saturated rings. The van der Waals surface area contributed by atoms with Gasteiger partial charge < -0.3 is 0 Å². The summed E-state index contributed by atoms with van der Waals surface area (Å²) in [5, 5.41) is 6.22. The summed E-state index contributed by atoms with van der Waals surface area (Å²) >= 11 is 6.82. The zero-order chi connectivity index (χ0) is 21.4. The predicted octanol–water partition coefficient (Wildman–Crippen LogP) is 6.59. The standard InChI is InChI=1S/C17H9ClF7N3S/c18-12-2-1-3-13(19)11(12)7-29-15-26-14(27-28-15)8-4-9(16(20,21)22)6-10(5-8)17(23,24)25/h1-6H,7H2,(H,26,27,28). The third-order valence-electron chi connectivity index (χ3n) is 3.73. The first-order chi connectivity index (χ1) is 13.4. The van der Waals surface area contributed by atoms with Crippen molar-refractivity contribution in [2.75, 3.05) is 0 Å². The topological polar surface area (TPSA) is 41.6 Å². The van der Waals surface area contributed by atoms with E-state index in [4.69, 9.17) is 11.6 Å². The highest BCUT2D eigenvalue weighted by atomic mass is 35.5. The summed E-state index contributed by atoms with van der Waals surface area (Å²) in [6.45, 7) is 0. The van der Waals surface area contributed by atoms with E-state index in [1.54, 1.807) is 0 Å². The van der Waals surface area contributed by atoms with Crippen LogP contribution in [0.1, 0.15) is 16.7 Å². The molecule has 29 heavy (non-hydrogen) atoms. The maximum Gasteiger partial charge on any atom is 0.416 e. The first-order valence-electron chi connectivity index (χ1n) is 7.73. The van der Waals surface area contributed by atoms with Crippen molar-refractivity contribution in [2.24, 2.45) is 0 Å². The fraction of sp³-hybridized carbons (Fsp3) is 0.176. The number of hydrogen-bond donors (Lipinski definition) is 1. The zero-order valence-electron chi connectivity index (χ0n) is 14.0. The molecule has 0 saturated carbocycles. The molecule has 12 heteroatoms. The van der Waals surface area contributed by atoms with Crippen LogP contribution in [0, 0.1) is 5.82 Å². The first kappa shape index (κ1) is 21.4. The van der Waals surface area contributed by atoms with Crippen molar-refractivity contribution in [3.05, 3.63) is 63.9 Å². The van der Waals surface area contributed by atoms with Crippen LogP contribution in [0.3, 0.4) is 0 Å². The van der Waals surface area contributed by atoms with Crippen LogP contribution in [0.25, 0.3) is 11.4 Å². The highest BCUT2D eigenvalue weighted by Crippen LogP contribution is 2.38. The van der Waals surface area contributed by atoms with E-state index in [0.717, 1.165) is 11.8 Å². The number of nitrogens with one attached hydrogen (secondary N) is 1. The summed E-state index contributed by atoms with van der Waals surface area (Å²) < 4.78 is 91.6. The molecule has 2 aromatic carbocycles. The molecule has 0 unspecified atom stereocenters. The van der Waals surface area contributed by atoms with Crippen LogP contribution in [-0.2, 0) is 18.1 Å². The van der Waals surface area contributed by atoms with Crippen LogP contribution in [0.4, 0.5) is 30.7 Å². The van der Waals surface area contributed by atoms with Crippen molar-refractivity contribution in [2.45, 2.75) is 23.3 Å². The number of H-pyrrole nitrogens is 1. The number of thioether (sulfide) groups is 1. The van der Waals surface area contributed by atoms with Gasteiger partial charge in [-0.25, -0.2) is 9.37 Å². The second-order valence-electron chi connectivity index (χ2n) is 5.75. The molecule has 0 aliphatic rings. The second-order valence-corrected chi connectivity index (χ2v) is 7.10. The number of hydrogen-bond acceptors (Lipinski definition) is 3. The summed E-state index contributed by atoms with van der Waals surface area (Å²) in [5.41, 5.74) is -3.20. The third kappa shape index (κ3) is 5.02. The fourth-order valence-corrected chi connectivity index (χ4v) is 3.48. The summed E-state index contributed by atoms with van der Waals surface area (Å²) in [4.78, 5) is 3.90. The lowest BCUT2D eigenvalue weighted by Gasteiger charge is -2.13. The quantitative estimate of drug-likeness (QED) is 0.356. The minimum absolute atomic E-state index is 0.00490. The molecule has 0 radical (unpaired) electrons. The number of halogens is 8. The van der Waals surface area contributed by atoms with Crippen molar-refractivity contribution in [3.8, 4) is 11.4 Å². The van der Waals surface area contributed by atoms with Crippen LogP contribution in [0.15, 0.2) is 41.6 Å². The van der Waals surface area contributed by atoms with Gasteiger partial charge in [0.1, 0.15) is 5.82 Å². The molecule has 0 aliphatic heterocycles. The molecule has 1 N–H and O–H groups in total. The summed E-state index contributed by atoms with van der Waals surface area (Å²) in [5.74, 6) is -0.837. The molecule has 0 aliphatic carbocycles. The van der Waals surface area contributed by atoms with Gasteiger partial charge in [-0.2, -0.15) is 26.3 Å². The van der Waals surface area contributed by atoms with Gasteiger partial charge in [0, 0.05) is 21.9 Å². The van der Waals surface area contributed by atoms with Gasteiger partial charge in [-0.1, -0.05) is 29.4 Å². The molecular formula is C17H9ClF7N3S. The molecule has 0 amide bonds. The number of alkyl halides is 6. The fourth-order valence-electron chi connectivity index (χ4n) is 2.34. The van der Waals surface area contributed by atoms with E-state index >= 15 is 0 Å². The molecule has 3 rings (SSSR count). The van der Waals surface area contributed by atoms with Crippen molar-refractivity contribution < 1.29 is 30.7 Å². The van der Waals surface area contributed by atoms with Crippen LogP contribution in [-0.4, -0.2) is 15.2 Å². The number of aromatic amines is 1. The lowest BCUT2D eigenvalue weighted by molar-refractivity contribution is -0.143. The highest BCUT2D eigenvalue weighted by molar-refractivity contribution is 7.98. The Balaban J connectivity index is 1.90. The van der Waals surface area contributed by atoms with Crippen LogP contribution >= 0.6 is 23.4 Å². The molecular weight excluding hydrogens is 447 g/mol. The average Bonchev–Trinajstić information content (AvgIpc) is 3.08. The van der Waals surface area contributed by atoms with E-state index in [1.807, 2.05) is 0 Å². The van der Waals surface area contributed by atoms with E-state index in [0.29, 0.717) is 12.1 Å². The molecule has 0 bridgehead atoms. The molecule has 0 saturated heterocycles. The normalized spacial score (nSPS) is 12.4. The van der Waals surface area contributed by atoms with E-state index < -0.39 is 34.9 Å². The van der Waals surface area contributed by atoms with Gasteiger partial charge >= 0.3 is 12.4 Å². The monoisotopic (exact) mass is 455 g/mol.